The van der Waals surface area contributed by atoms with Gasteiger partial charge in [0.15, 0.2) is 0 Å². The highest BCUT2D eigenvalue weighted by Crippen LogP contribution is 2.10. The van der Waals surface area contributed by atoms with E-state index in [9.17, 15) is 0 Å². The molecule has 2 aromatic heterocycles. The van der Waals surface area contributed by atoms with Crippen LogP contribution in [0.4, 0.5) is 5.82 Å². The zero-order valence-electron chi connectivity index (χ0n) is 10.0. The van der Waals surface area contributed by atoms with Crippen molar-refractivity contribution in [3.8, 4) is 0 Å². The lowest BCUT2D eigenvalue weighted by Crippen LogP contribution is -2.21. The van der Waals surface area contributed by atoms with Crippen molar-refractivity contribution >= 4 is 5.82 Å². The third-order valence-corrected chi connectivity index (χ3v) is 2.57. The summed E-state index contributed by atoms with van der Waals surface area (Å²) in [6, 6.07) is 0. The van der Waals surface area contributed by atoms with Crippen molar-refractivity contribution in [2.24, 2.45) is 12.8 Å². The Morgan fingerprint density at radius 1 is 1.41 bits per heavy atom. The summed E-state index contributed by atoms with van der Waals surface area (Å²) in [6.45, 7) is 1.09. The lowest BCUT2D eigenvalue weighted by molar-refractivity contribution is 0.751. The molecule has 0 aliphatic rings. The van der Waals surface area contributed by atoms with Crippen LogP contribution < -0.4 is 10.6 Å². The van der Waals surface area contributed by atoms with Gasteiger partial charge in [0.2, 0.25) is 0 Å². The molecule has 0 aliphatic heterocycles. The number of hydrogen-bond donors (Lipinski definition) is 1. The molecule has 0 aliphatic carbocycles. The van der Waals surface area contributed by atoms with Crippen molar-refractivity contribution in [2.75, 3.05) is 11.9 Å². The van der Waals surface area contributed by atoms with E-state index in [1.165, 1.54) is 0 Å². The number of imidazole rings is 1. The summed E-state index contributed by atoms with van der Waals surface area (Å²) in [5.74, 6) is 1.78. The molecule has 0 saturated heterocycles. The Labute approximate surface area is 100 Å². The standard InChI is InChI=1S/C11H16N6/c1-16-4-3-14-11(16)8-17(2)10-7-13-6-9(5-12)15-10/h3-4,6-7H,5,8,12H2,1-2H3. The largest absolute Gasteiger partial charge is 0.351 e. The number of anilines is 1. The first-order chi connectivity index (χ1) is 8.20. The summed E-state index contributed by atoms with van der Waals surface area (Å²) in [4.78, 5) is 14.8. The molecule has 0 amide bonds. The van der Waals surface area contributed by atoms with E-state index in [0.29, 0.717) is 13.1 Å². The normalized spacial score (nSPS) is 10.5. The number of hydrogen-bond acceptors (Lipinski definition) is 5. The fraction of sp³-hybridized carbons (Fsp3) is 0.364. The predicted octanol–water partition coefficient (Wildman–Crippen LogP) is 0.305. The van der Waals surface area contributed by atoms with Gasteiger partial charge in [-0.05, 0) is 0 Å². The van der Waals surface area contributed by atoms with Crippen molar-refractivity contribution < 1.29 is 0 Å². The molecule has 0 unspecified atom stereocenters. The third kappa shape index (κ3) is 2.59. The van der Waals surface area contributed by atoms with Crippen LogP contribution in [0.15, 0.2) is 24.8 Å². The minimum absolute atomic E-state index is 0.400. The Morgan fingerprint density at radius 3 is 2.88 bits per heavy atom. The maximum absolute atomic E-state index is 5.54. The van der Waals surface area contributed by atoms with E-state index >= 15 is 0 Å². The molecule has 2 aromatic rings. The maximum atomic E-state index is 5.54. The Bertz CT molecular complexity index is 492. The average molecular weight is 232 g/mol. The molecule has 2 rings (SSSR count). The topological polar surface area (TPSA) is 72.9 Å². The molecule has 6 heteroatoms. The number of aryl methyl sites for hydroxylation is 1. The van der Waals surface area contributed by atoms with Gasteiger partial charge in [0, 0.05) is 39.2 Å². The van der Waals surface area contributed by atoms with Crippen LogP contribution in [0.5, 0.6) is 0 Å². The molecule has 17 heavy (non-hydrogen) atoms. The molecule has 0 aromatic carbocycles. The Hall–Kier alpha value is -1.95. The van der Waals surface area contributed by atoms with Crippen molar-refractivity contribution in [1.82, 2.24) is 19.5 Å². The molecule has 0 saturated carbocycles. The van der Waals surface area contributed by atoms with Gasteiger partial charge in [-0.25, -0.2) is 9.97 Å². The Morgan fingerprint density at radius 2 is 2.24 bits per heavy atom. The minimum atomic E-state index is 0.400. The van der Waals surface area contributed by atoms with Crippen LogP contribution in [0, 0.1) is 0 Å². The average Bonchev–Trinajstić information content (AvgIpc) is 2.75. The lowest BCUT2D eigenvalue weighted by Gasteiger charge is -2.17. The van der Waals surface area contributed by atoms with Crippen molar-refractivity contribution in [3.63, 3.8) is 0 Å². The van der Waals surface area contributed by atoms with Crippen molar-refractivity contribution in [3.05, 3.63) is 36.3 Å². The van der Waals surface area contributed by atoms with Gasteiger partial charge in [-0.15, -0.1) is 0 Å². The molecular formula is C11H16N6. The summed E-state index contributed by atoms with van der Waals surface area (Å²) in [6.07, 6.45) is 7.11. The fourth-order valence-electron chi connectivity index (χ4n) is 1.52. The van der Waals surface area contributed by atoms with Gasteiger partial charge in [0.25, 0.3) is 0 Å². The quantitative estimate of drug-likeness (QED) is 0.821. The van der Waals surface area contributed by atoms with E-state index in [-0.39, 0.29) is 0 Å². The third-order valence-electron chi connectivity index (χ3n) is 2.57. The van der Waals surface area contributed by atoms with Gasteiger partial charge in [0.1, 0.15) is 11.6 Å². The second-order valence-electron chi connectivity index (χ2n) is 3.88. The first-order valence-corrected chi connectivity index (χ1v) is 5.39. The maximum Gasteiger partial charge on any atom is 0.147 e. The molecule has 90 valence electrons. The molecule has 0 spiro atoms. The second kappa shape index (κ2) is 4.92. The highest BCUT2D eigenvalue weighted by Gasteiger charge is 2.07. The van der Waals surface area contributed by atoms with Crippen LogP contribution in [0.1, 0.15) is 11.5 Å². The summed E-state index contributed by atoms with van der Waals surface area (Å²) < 4.78 is 1.98. The number of nitrogens with two attached hydrogens (primary N) is 1. The summed E-state index contributed by atoms with van der Waals surface area (Å²) in [5, 5.41) is 0. The van der Waals surface area contributed by atoms with Gasteiger partial charge in [-0.1, -0.05) is 0 Å². The lowest BCUT2D eigenvalue weighted by atomic mass is 10.4. The molecule has 6 nitrogen and oxygen atoms in total. The summed E-state index contributed by atoms with van der Waals surface area (Å²) in [5.41, 5.74) is 6.33. The van der Waals surface area contributed by atoms with Gasteiger partial charge < -0.3 is 15.2 Å². The number of aromatic nitrogens is 4. The monoisotopic (exact) mass is 232 g/mol. The van der Waals surface area contributed by atoms with E-state index < -0.39 is 0 Å². The fourth-order valence-corrected chi connectivity index (χ4v) is 1.52. The SMILES string of the molecule is CN(Cc1nccn1C)c1cncc(CN)n1. The van der Waals surface area contributed by atoms with Crippen LogP contribution in [-0.2, 0) is 20.1 Å². The van der Waals surface area contributed by atoms with Gasteiger partial charge >= 0.3 is 0 Å². The Kier molecular flexibility index (Phi) is 3.34. The molecule has 0 bridgehead atoms. The van der Waals surface area contributed by atoms with Crippen LogP contribution in [-0.4, -0.2) is 26.6 Å². The van der Waals surface area contributed by atoms with Gasteiger partial charge in [0.05, 0.1) is 18.4 Å². The smallest absolute Gasteiger partial charge is 0.147 e. The summed E-state index contributed by atoms with van der Waals surface area (Å²) >= 11 is 0. The molecule has 2 heterocycles. The van der Waals surface area contributed by atoms with Crippen LogP contribution >= 0.6 is 0 Å². The van der Waals surface area contributed by atoms with Crippen LogP contribution in [0.3, 0.4) is 0 Å². The predicted molar refractivity (Wildman–Crippen MR) is 65.2 cm³/mol. The highest BCUT2D eigenvalue weighted by atomic mass is 15.2. The molecular weight excluding hydrogens is 216 g/mol. The summed E-state index contributed by atoms with van der Waals surface area (Å²) in [7, 11) is 3.93. The van der Waals surface area contributed by atoms with E-state index in [0.717, 1.165) is 17.3 Å². The minimum Gasteiger partial charge on any atom is -0.351 e. The molecule has 0 atom stereocenters. The van der Waals surface area contributed by atoms with Crippen LogP contribution in [0.25, 0.3) is 0 Å². The zero-order chi connectivity index (χ0) is 12.3. The van der Waals surface area contributed by atoms with Crippen molar-refractivity contribution in [1.29, 1.82) is 0 Å². The number of rotatable bonds is 4. The highest BCUT2D eigenvalue weighted by molar-refractivity contribution is 5.35. The first kappa shape index (κ1) is 11.5. The Balaban J connectivity index is 2.14. The second-order valence-corrected chi connectivity index (χ2v) is 3.88. The van der Waals surface area contributed by atoms with E-state index in [1.807, 2.05) is 29.8 Å². The molecule has 0 fully saturated rings. The van der Waals surface area contributed by atoms with Gasteiger partial charge in [-0.3, -0.25) is 4.98 Å². The van der Waals surface area contributed by atoms with Crippen molar-refractivity contribution in [2.45, 2.75) is 13.1 Å². The number of nitrogens with zero attached hydrogens (tertiary/aromatic N) is 5. The zero-order valence-corrected chi connectivity index (χ0v) is 10.0. The van der Waals surface area contributed by atoms with Crippen LogP contribution in [0.2, 0.25) is 0 Å². The van der Waals surface area contributed by atoms with E-state index in [2.05, 4.69) is 15.0 Å². The molecule has 2 N–H and O–H groups in total. The van der Waals surface area contributed by atoms with E-state index in [4.69, 9.17) is 5.73 Å². The van der Waals surface area contributed by atoms with Gasteiger partial charge in [-0.2, -0.15) is 0 Å². The first-order valence-electron chi connectivity index (χ1n) is 5.39. The molecule has 0 radical (unpaired) electrons. The van der Waals surface area contributed by atoms with E-state index in [1.54, 1.807) is 18.6 Å².